The molecule has 0 aliphatic heterocycles. The summed E-state index contributed by atoms with van der Waals surface area (Å²) in [4.78, 5) is 6.94. The molecule has 0 unspecified atom stereocenters. The Balaban J connectivity index is 1.98. The zero-order valence-corrected chi connectivity index (χ0v) is 15.3. The lowest BCUT2D eigenvalue weighted by atomic mass is 10.1. The summed E-state index contributed by atoms with van der Waals surface area (Å²) in [6.45, 7) is 1.62. The van der Waals surface area contributed by atoms with Gasteiger partial charge in [0.25, 0.3) is 0 Å². The number of rotatable bonds is 7. The van der Waals surface area contributed by atoms with Crippen LogP contribution in [0.4, 0.5) is 0 Å². The van der Waals surface area contributed by atoms with Crippen LogP contribution < -0.4 is 9.47 Å². The topological polar surface area (TPSA) is 39.5 Å². The number of nitrogens with zero attached hydrogens (tertiary/aromatic N) is 3. The highest BCUT2D eigenvalue weighted by Gasteiger charge is 2.17. The van der Waals surface area contributed by atoms with Crippen LogP contribution in [0.5, 0.6) is 11.5 Å². The van der Waals surface area contributed by atoms with Gasteiger partial charge in [0.1, 0.15) is 5.82 Å². The van der Waals surface area contributed by atoms with E-state index in [0.29, 0.717) is 6.61 Å². The number of hydrogen-bond acceptors (Lipinski definition) is 4. The highest BCUT2D eigenvalue weighted by Crippen LogP contribution is 2.38. The molecule has 0 saturated carbocycles. The summed E-state index contributed by atoms with van der Waals surface area (Å²) in [5.74, 6) is 2.36. The molecule has 1 heterocycles. The molecule has 0 bridgehead atoms. The Kier molecular flexibility index (Phi) is 5.24. The van der Waals surface area contributed by atoms with Gasteiger partial charge in [0.2, 0.25) is 0 Å². The number of methoxy groups -OCH3 is 1. The Bertz CT molecular complexity index is 855. The average Bonchev–Trinajstić information content (AvgIpc) is 2.95. The molecule has 2 aromatic carbocycles. The van der Waals surface area contributed by atoms with Crippen LogP contribution >= 0.6 is 0 Å². The van der Waals surface area contributed by atoms with Crippen molar-refractivity contribution in [3.05, 3.63) is 42.5 Å². The van der Waals surface area contributed by atoms with Crippen molar-refractivity contribution in [3.8, 4) is 22.9 Å². The molecule has 0 atom stereocenters. The molecular weight excluding hydrogens is 314 g/mol. The van der Waals surface area contributed by atoms with E-state index in [0.717, 1.165) is 46.9 Å². The third-order valence-electron chi connectivity index (χ3n) is 4.22. The molecule has 1 aromatic heterocycles. The van der Waals surface area contributed by atoms with Crippen molar-refractivity contribution in [2.24, 2.45) is 7.05 Å². The molecule has 0 radical (unpaired) electrons. The van der Waals surface area contributed by atoms with E-state index in [-0.39, 0.29) is 0 Å². The van der Waals surface area contributed by atoms with Crippen LogP contribution in [0.3, 0.4) is 0 Å². The maximum atomic E-state index is 6.11. The third kappa shape index (κ3) is 3.61. The zero-order chi connectivity index (χ0) is 17.8. The summed E-state index contributed by atoms with van der Waals surface area (Å²) in [5, 5.41) is 0. The van der Waals surface area contributed by atoms with E-state index >= 15 is 0 Å². The maximum absolute atomic E-state index is 6.11. The molecular formula is C20H25N3O2. The Morgan fingerprint density at radius 1 is 1.08 bits per heavy atom. The summed E-state index contributed by atoms with van der Waals surface area (Å²) in [7, 11) is 7.82. The van der Waals surface area contributed by atoms with Gasteiger partial charge in [0.15, 0.2) is 11.5 Å². The normalized spacial score (nSPS) is 11.2. The fraction of sp³-hybridized carbons (Fsp3) is 0.350. The van der Waals surface area contributed by atoms with Gasteiger partial charge in [-0.2, -0.15) is 0 Å². The first-order chi connectivity index (χ1) is 12.1. The number of hydrogen-bond donors (Lipinski definition) is 0. The number of aromatic nitrogens is 2. The molecule has 3 aromatic rings. The summed E-state index contributed by atoms with van der Waals surface area (Å²) in [5.41, 5.74) is 3.02. The molecule has 0 amide bonds. The van der Waals surface area contributed by atoms with Gasteiger partial charge in [0.05, 0.1) is 30.3 Å². The SMILES string of the molecule is COc1cccc(-c2nc3ccccc3n2C)c1OCCCN(C)C. The molecule has 0 spiro atoms. The maximum Gasteiger partial charge on any atom is 0.172 e. The van der Waals surface area contributed by atoms with E-state index in [2.05, 4.69) is 29.6 Å². The van der Waals surface area contributed by atoms with Gasteiger partial charge >= 0.3 is 0 Å². The number of ether oxygens (including phenoxy) is 2. The van der Waals surface area contributed by atoms with Crippen LogP contribution in [0, 0.1) is 0 Å². The van der Waals surface area contributed by atoms with Crippen molar-refractivity contribution in [1.82, 2.24) is 14.5 Å². The predicted octanol–water partition coefficient (Wildman–Crippen LogP) is 3.58. The fourth-order valence-electron chi connectivity index (χ4n) is 2.94. The zero-order valence-electron chi connectivity index (χ0n) is 15.3. The number of para-hydroxylation sites is 3. The molecule has 0 saturated heterocycles. The third-order valence-corrected chi connectivity index (χ3v) is 4.22. The Hall–Kier alpha value is -2.53. The molecule has 0 N–H and O–H groups in total. The number of imidazole rings is 1. The second-order valence-electron chi connectivity index (χ2n) is 6.33. The van der Waals surface area contributed by atoms with Crippen LogP contribution in [0.1, 0.15) is 6.42 Å². The van der Waals surface area contributed by atoms with Gasteiger partial charge in [0, 0.05) is 13.6 Å². The molecule has 0 fully saturated rings. The molecule has 0 aliphatic carbocycles. The van der Waals surface area contributed by atoms with E-state index in [1.807, 2.05) is 43.4 Å². The Labute approximate surface area is 148 Å². The smallest absolute Gasteiger partial charge is 0.172 e. The van der Waals surface area contributed by atoms with Crippen molar-refractivity contribution >= 4 is 11.0 Å². The molecule has 5 nitrogen and oxygen atoms in total. The van der Waals surface area contributed by atoms with Crippen LogP contribution in [0.2, 0.25) is 0 Å². The second kappa shape index (κ2) is 7.57. The number of fused-ring (bicyclic) bond motifs is 1. The number of benzene rings is 2. The lowest BCUT2D eigenvalue weighted by Gasteiger charge is -2.16. The van der Waals surface area contributed by atoms with Crippen LogP contribution in [-0.4, -0.2) is 48.8 Å². The predicted molar refractivity (Wildman–Crippen MR) is 101 cm³/mol. The van der Waals surface area contributed by atoms with Gasteiger partial charge < -0.3 is 18.9 Å². The van der Waals surface area contributed by atoms with E-state index in [4.69, 9.17) is 14.5 Å². The van der Waals surface area contributed by atoms with Crippen LogP contribution in [0.25, 0.3) is 22.4 Å². The molecule has 5 heteroatoms. The van der Waals surface area contributed by atoms with Crippen molar-refractivity contribution < 1.29 is 9.47 Å². The van der Waals surface area contributed by atoms with Crippen LogP contribution in [0.15, 0.2) is 42.5 Å². The van der Waals surface area contributed by atoms with Gasteiger partial charge in [-0.25, -0.2) is 4.98 Å². The quantitative estimate of drug-likeness (QED) is 0.617. The molecule has 3 rings (SSSR count). The first-order valence-corrected chi connectivity index (χ1v) is 8.48. The minimum Gasteiger partial charge on any atom is -0.493 e. The molecule has 25 heavy (non-hydrogen) atoms. The van der Waals surface area contributed by atoms with Crippen molar-refractivity contribution in [1.29, 1.82) is 0 Å². The van der Waals surface area contributed by atoms with Crippen molar-refractivity contribution in [2.45, 2.75) is 6.42 Å². The van der Waals surface area contributed by atoms with E-state index < -0.39 is 0 Å². The highest BCUT2D eigenvalue weighted by atomic mass is 16.5. The highest BCUT2D eigenvalue weighted by molar-refractivity contribution is 5.82. The van der Waals surface area contributed by atoms with Crippen molar-refractivity contribution in [3.63, 3.8) is 0 Å². The van der Waals surface area contributed by atoms with E-state index in [1.54, 1.807) is 7.11 Å². The molecule has 0 aliphatic rings. The summed E-state index contributed by atoms with van der Waals surface area (Å²) in [6.07, 6.45) is 0.951. The lowest BCUT2D eigenvalue weighted by molar-refractivity contribution is 0.269. The minimum absolute atomic E-state index is 0.634. The Morgan fingerprint density at radius 3 is 2.60 bits per heavy atom. The average molecular weight is 339 g/mol. The largest absolute Gasteiger partial charge is 0.493 e. The standard InChI is InChI=1S/C20H25N3O2/c1-22(2)13-8-14-25-19-15(9-7-12-18(19)24-4)20-21-16-10-5-6-11-17(16)23(20)3/h5-7,9-12H,8,13-14H2,1-4H3. The summed E-state index contributed by atoms with van der Waals surface area (Å²) < 4.78 is 13.7. The van der Waals surface area contributed by atoms with Crippen molar-refractivity contribution in [2.75, 3.05) is 34.4 Å². The second-order valence-corrected chi connectivity index (χ2v) is 6.33. The van der Waals surface area contributed by atoms with Gasteiger partial charge in [-0.15, -0.1) is 0 Å². The van der Waals surface area contributed by atoms with Gasteiger partial charge in [-0.3, -0.25) is 0 Å². The number of aryl methyl sites for hydroxylation is 1. The van der Waals surface area contributed by atoms with Gasteiger partial charge in [-0.05, 0) is 44.8 Å². The molecule has 132 valence electrons. The minimum atomic E-state index is 0.634. The Morgan fingerprint density at radius 2 is 1.88 bits per heavy atom. The van der Waals surface area contributed by atoms with Gasteiger partial charge in [-0.1, -0.05) is 18.2 Å². The fourth-order valence-corrected chi connectivity index (χ4v) is 2.94. The van der Waals surface area contributed by atoms with Crippen LogP contribution in [-0.2, 0) is 7.05 Å². The monoisotopic (exact) mass is 339 g/mol. The first kappa shape index (κ1) is 17.3. The lowest BCUT2D eigenvalue weighted by Crippen LogP contribution is -2.15. The first-order valence-electron chi connectivity index (χ1n) is 8.48. The summed E-state index contributed by atoms with van der Waals surface area (Å²) in [6, 6.07) is 14.1. The van der Waals surface area contributed by atoms with E-state index in [9.17, 15) is 0 Å². The summed E-state index contributed by atoms with van der Waals surface area (Å²) >= 11 is 0. The van der Waals surface area contributed by atoms with E-state index in [1.165, 1.54) is 0 Å².